The summed E-state index contributed by atoms with van der Waals surface area (Å²) in [5.74, 6) is -1.03. The fourth-order valence-electron chi connectivity index (χ4n) is 1.75. The molecule has 0 spiro atoms. The maximum absolute atomic E-state index is 11.1. The van der Waals surface area contributed by atoms with Crippen LogP contribution in [-0.4, -0.2) is 16.5 Å². The minimum absolute atomic E-state index is 0.146. The van der Waals surface area contributed by atoms with Crippen LogP contribution in [0.25, 0.3) is 0 Å². The van der Waals surface area contributed by atoms with Crippen LogP contribution in [0.3, 0.4) is 0 Å². The molecule has 0 saturated heterocycles. The number of carboxylic acids is 1. The highest BCUT2D eigenvalue weighted by Crippen LogP contribution is 2.53. The van der Waals surface area contributed by atoms with Gasteiger partial charge in [-0.15, -0.1) is 11.6 Å². The zero-order valence-electron chi connectivity index (χ0n) is 8.08. The predicted octanol–water partition coefficient (Wildman–Crippen LogP) is 2.92. The molecule has 3 nitrogen and oxygen atoms in total. The summed E-state index contributed by atoms with van der Waals surface area (Å²) in [6.45, 7) is 0. The third-order valence-corrected chi connectivity index (χ3v) is 3.79. The maximum Gasteiger partial charge on any atom is 0.336 e. The monoisotopic (exact) mass is 299 g/mol. The first-order chi connectivity index (χ1) is 7.51. The Morgan fingerprint density at radius 1 is 1.69 bits per heavy atom. The molecule has 1 aromatic carbocycles. The average Bonchev–Trinajstić information content (AvgIpc) is 2.90. The van der Waals surface area contributed by atoms with Crippen molar-refractivity contribution in [3.05, 3.63) is 33.8 Å². The lowest BCUT2D eigenvalue weighted by molar-refractivity contribution is 0.0695. The van der Waals surface area contributed by atoms with Crippen LogP contribution >= 0.6 is 27.5 Å². The molecule has 0 heterocycles. The number of nitriles is 1. The number of alkyl halides is 1. The molecule has 2 unspecified atom stereocenters. The van der Waals surface area contributed by atoms with Crippen molar-refractivity contribution in [1.82, 2.24) is 0 Å². The van der Waals surface area contributed by atoms with Crippen molar-refractivity contribution in [3.63, 3.8) is 0 Å². The van der Waals surface area contributed by atoms with Gasteiger partial charge in [-0.1, -0.05) is 15.9 Å². The van der Waals surface area contributed by atoms with E-state index in [1.807, 2.05) is 0 Å². The molecule has 2 atom stereocenters. The van der Waals surface area contributed by atoms with Crippen molar-refractivity contribution < 1.29 is 9.90 Å². The SMILES string of the molecule is N#CC1(c2cc(Br)ccc2C(=O)O)CC1Cl. The Labute approximate surface area is 106 Å². The van der Waals surface area contributed by atoms with E-state index >= 15 is 0 Å². The van der Waals surface area contributed by atoms with Crippen molar-refractivity contribution >= 4 is 33.5 Å². The van der Waals surface area contributed by atoms with Crippen LogP contribution in [0.15, 0.2) is 22.7 Å². The van der Waals surface area contributed by atoms with Gasteiger partial charge in [0.25, 0.3) is 0 Å². The molecule has 1 aromatic rings. The van der Waals surface area contributed by atoms with E-state index in [0.717, 1.165) is 4.47 Å². The van der Waals surface area contributed by atoms with Crippen LogP contribution in [0.2, 0.25) is 0 Å². The molecular formula is C11H7BrClNO2. The van der Waals surface area contributed by atoms with E-state index in [2.05, 4.69) is 22.0 Å². The molecule has 0 amide bonds. The van der Waals surface area contributed by atoms with Gasteiger partial charge in [0.1, 0.15) is 5.41 Å². The van der Waals surface area contributed by atoms with E-state index in [1.54, 1.807) is 12.1 Å². The Kier molecular flexibility index (Phi) is 2.69. The summed E-state index contributed by atoms with van der Waals surface area (Å²) in [5.41, 5.74) is -0.191. The molecule has 0 aromatic heterocycles. The first-order valence-corrected chi connectivity index (χ1v) is 5.83. The van der Waals surface area contributed by atoms with E-state index in [1.165, 1.54) is 6.07 Å². The molecule has 1 N–H and O–H groups in total. The van der Waals surface area contributed by atoms with Gasteiger partial charge >= 0.3 is 5.97 Å². The van der Waals surface area contributed by atoms with Gasteiger partial charge in [-0.25, -0.2) is 4.79 Å². The number of aromatic carboxylic acids is 1. The van der Waals surface area contributed by atoms with Gasteiger partial charge in [0, 0.05) is 4.47 Å². The zero-order chi connectivity index (χ0) is 11.9. The number of hydrogen-bond donors (Lipinski definition) is 1. The standard InChI is InChI=1S/C11H7BrClNO2/c12-6-1-2-7(10(15)16)8(3-6)11(5-14)4-9(11)13/h1-3,9H,4H2,(H,15,16). The summed E-state index contributed by atoms with van der Waals surface area (Å²) >= 11 is 9.21. The van der Waals surface area contributed by atoms with Crippen LogP contribution in [0.5, 0.6) is 0 Å². The molecule has 16 heavy (non-hydrogen) atoms. The van der Waals surface area contributed by atoms with Gasteiger partial charge in [0.2, 0.25) is 0 Å². The number of rotatable bonds is 2. The Hall–Kier alpha value is -1.05. The first kappa shape index (κ1) is 11.4. The smallest absolute Gasteiger partial charge is 0.336 e. The third kappa shape index (κ3) is 1.60. The van der Waals surface area contributed by atoms with Crippen molar-refractivity contribution in [2.45, 2.75) is 17.2 Å². The molecule has 1 aliphatic rings. The van der Waals surface area contributed by atoms with Crippen LogP contribution in [0.4, 0.5) is 0 Å². The van der Waals surface area contributed by atoms with Gasteiger partial charge in [0.05, 0.1) is 17.0 Å². The number of halogens is 2. The first-order valence-electron chi connectivity index (χ1n) is 4.60. The van der Waals surface area contributed by atoms with Crippen LogP contribution in [0, 0.1) is 11.3 Å². The summed E-state index contributed by atoms with van der Waals surface area (Å²) in [7, 11) is 0. The second kappa shape index (κ2) is 3.76. The highest BCUT2D eigenvalue weighted by molar-refractivity contribution is 9.10. The maximum atomic E-state index is 11.1. The van der Waals surface area contributed by atoms with Crippen molar-refractivity contribution in [1.29, 1.82) is 5.26 Å². The summed E-state index contributed by atoms with van der Waals surface area (Å²) in [6.07, 6.45) is 0.502. The van der Waals surface area contributed by atoms with Crippen LogP contribution in [0.1, 0.15) is 22.3 Å². The molecule has 0 bridgehead atoms. The lowest BCUT2D eigenvalue weighted by Crippen LogP contribution is -2.13. The largest absolute Gasteiger partial charge is 0.478 e. The molecule has 1 saturated carbocycles. The number of carboxylic acid groups (broad SMARTS) is 1. The average molecular weight is 301 g/mol. The van der Waals surface area contributed by atoms with Gasteiger partial charge in [0.15, 0.2) is 0 Å². The van der Waals surface area contributed by atoms with Crippen LogP contribution < -0.4 is 0 Å². The van der Waals surface area contributed by atoms with E-state index in [-0.39, 0.29) is 10.9 Å². The molecule has 82 valence electrons. The minimum atomic E-state index is -1.03. The predicted molar refractivity (Wildman–Crippen MR) is 62.7 cm³/mol. The number of nitrogens with zero attached hydrogens (tertiary/aromatic N) is 1. The normalized spacial score (nSPS) is 27.2. The summed E-state index contributed by atoms with van der Waals surface area (Å²) < 4.78 is 0.748. The summed E-state index contributed by atoms with van der Waals surface area (Å²) in [5, 5.41) is 17.9. The fourth-order valence-corrected chi connectivity index (χ4v) is 2.52. The topological polar surface area (TPSA) is 61.1 Å². The van der Waals surface area contributed by atoms with Gasteiger partial charge in [-0.3, -0.25) is 0 Å². The van der Waals surface area contributed by atoms with Gasteiger partial charge in [-0.2, -0.15) is 5.26 Å². The van der Waals surface area contributed by atoms with E-state index < -0.39 is 11.4 Å². The zero-order valence-corrected chi connectivity index (χ0v) is 10.4. The van der Waals surface area contributed by atoms with E-state index in [4.69, 9.17) is 22.0 Å². The molecule has 2 rings (SSSR count). The molecule has 1 aliphatic carbocycles. The highest BCUT2D eigenvalue weighted by atomic mass is 79.9. The lowest BCUT2D eigenvalue weighted by atomic mass is 9.92. The van der Waals surface area contributed by atoms with Crippen LogP contribution in [-0.2, 0) is 5.41 Å². The molecular weight excluding hydrogens is 293 g/mol. The molecule has 5 heteroatoms. The van der Waals surface area contributed by atoms with E-state index in [9.17, 15) is 4.79 Å². The molecule has 1 fully saturated rings. The summed E-state index contributed by atoms with van der Waals surface area (Å²) in [4.78, 5) is 11.1. The molecule has 0 radical (unpaired) electrons. The quantitative estimate of drug-likeness (QED) is 0.854. The Bertz CT molecular complexity index is 511. The van der Waals surface area contributed by atoms with E-state index in [0.29, 0.717) is 12.0 Å². The number of hydrogen-bond acceptors (Lipinski definition) is 2. The van der Waals surface area contributed by atoms with Crippen molar-refractivity contribution in [2.75, 3.05) is 0 Å². The fraction of sp³-hybridized carbons (Fsp3) is 0.273. The minimum Gasteiger partial charge on any atom is -0.478 e. The lowest BCUT2D eigenvalue weighted by Gasteiger charge is -2.11. The third-order valence-electron chi connectivity index (χ3n) is 2.77. The second-order valence-electron chi connectivity index (χ2n) is 3.75. The van der Waals surface area contributed by atoms with Crippen molar-refractivity contribution in [3.8, 4) is 6.07 Å². The van der Waals surface area contributed by atoms with Gasteiger partial charge < -0.3 is 5.11 Å². The summed E-state index contributed by atoms with van der Waals surface area (Å²) in [6, 6.07) is 6.92. The molecule has 0 aliphatic heterocycles. The van der Waals surface area contributed by atoms with Crippen molar-refractivity contribution in [2.24, 2.45) is 0 Å². The second-order valence-corrected chi connectivity index (χ2v) is 5.19. The Balaban J connectivity index is 2.60. The highest BCUT2D eigenvalue weighted by Gasteiger charge is 2.57. The Morgan fingerprint density at radius 2 is 2.31 bits per heavy atom. The number of benzene rings is 1. The Morgan fingerprint density at radius 3 is 2.75 bits per heavy atom. The number of carbonyl (C=O) groups is 1. The van der Waals surface area contributed by atoms with Gasteiger partial charge in [-0.05, 0) is 30.2 Å².